The minimum atomic E-state index is 0.231. The molecule has 0 spiro atoms. The molecule has 1 aliphatic heterocycles. The van der Waals surface area contributed by atoms with Gasteiger partial charge >= 0.3 is 0 Å². The summed E-state index contributed by atoms with van der Waals surface area (Å²) in [5.41, 5.74) is 3.47. The third kappa shape index (κ3) is 3.47. The Bertz CT molecular complexity index is 613. The molecule has 0 radical (unpaired) electrons. The molecule has 0 amide bonds. The fourth-order valence-corrected chi connectivity index (χ4v) is 2.38. The summed E-state index contributed by atoms with van der Waals surface area (Å²) in [6.07, 6.45) is 1.70. The van der Waals surface area contributed by atoms with E-state index in [4.69, 9.17) is 14.6 Å². The van der Waals surface area contributed by atoms with Crippen LogP contribution in [0.4, 0.5) is 5.69 Å². The van der Waals surface area contributed by atoms with Gasteiger partial charge < -0.3 is 19.9 Å². The predicted octanol–water partition coefficient (Wildman–Crippen LogP) is 2.95. The first kappa shape index (κ1) is 13.8. The van der Waals surface area contributed by atoms with Crippen LogP contribution in [-0.4, -0.2) is 18.5 Å². The molecular weight excluding hydrogens is 266 g/mol. The number of aryl methyl sites for hydroxylation is 1. The maximum Gasteiger partial charge on any atom is 0.231 e. The number of benzene rings is 2. The van der Waals surface area contributed by atoms with E-state index >= 15 is 0 Å². The number of hydrogen-bond donors (Lipinski definition) is 2. The molecule has 1 aliphatic rings. The van der Waals surface area contributed by atoms with E-state index < -0.39 is 0 Å². The Kier molecular flexibility index (Phi) is 4.26. The molecule has 0 saturated carbocycles. The molecular formula is C17H19NO3. The molecule has 2 N–H and O–H groups in total. The maximum absolute atomic E-state index is 8.89. The number of rotatable bonds is 6. The van der Waals surface area contributed by atoms with Gasteiger partial charge in [-0.2, -0.15) is 0 Å². The standard InChI is InChI=1S/C17H19NO3/c19-8-2-4-13-3-1-5-15(9-13)18-11-14-6-7-16-17(10-14)21-12-20-16/h1,3,5-7,9-10,18-19H,2,4,8,11-12H2. The summed E-state index contributed by atoms with van der Waals surface area (Å²) in [5, 5.41) is 12.3. The monoisotopic (exact) mass is 285 g/mol. The molecule has 0 bridgehead atoms. The smallest absolute Gasteiger partial charge is 0.231 e. The molecule has 2 aromatic rings. The lowest BCUT2D eigenvalue weighted by atomic mass is 10.1. The highest BCUT2D eigenvalue weighted by molar-refractivity contribution is 5.48. The first-order valence-electron chi connectivity index (χ1n) is 7.17. The second-order valence-electron chi connectivity index (χ2n) is 5.07. The normalized spacial score (nSPS) is 12.4. The van der Waals surface area contributed by atoms with Gasteiger partial charge in [0.2, 0.25) is 6.79 Å². The van der Waals surface area contributed by atoms with Crippen molar-refractivity contribution in [1.82, 2.24) is 0 Å². The third-order valence-corrected chi connectivity index (χ3v) is 3.48. The van der Waals surface area contributed by atoms with Crippen LogP contribution >= 0.6 is 0 Å². The SMILES string of the molecule is OCCCc1cccc(NCc2ccc3c(c2)OCO3)c1. The number of aliphatic hydroxyl groups excluding tert-OH is 1. The van der Waals surface area contributed by atoms with Crippen LogP contribution in [0.3, 0.4) is 0 Å². The van der Waals surface area contributed by atoms with Crippen molar-refractivity contribution in [2.75, 3.05) is 18.7 Å². The van der Waals surface area contributed by atoms with Gasteiger partial charge in [-0.05, 0) is 48.2 Å². The number of fused-ring (bicyclic) bond motifs is 1. The highest BCUT2D eigenvalue weighted by atomic mass is 16.7. The van der Waals surface area contributed by atoms with Gasteiger partial charge in [0.25, 0.3) is 0 Å². The molecule has 0 aromatic heterocycles. The zero-order chi connectivity index (χ0) is 14.5. The van der Waals surface area contributed by atoms with Gasteiger partial charge in [-0.25, -0.2) is 0 Å². The second kappa shape index (κ2) is 6.50. The Labute approximate surface area is 124 Å². The van der Waals surface area contributed by atoms with Crippen molar-refractivity contribution >= 4 is 5.69 Å². The molecule has 4 heteroatoms. The van der Waals surface area contributed by atoms with Crippen LogP contribution in [-0.2, 0) is 13.0 Å². The van der Waals surface area contributed by atoms with E-state index in [1.165, 1.54) is 5.56 Å². The molecule has 3 rings (SSSR count). The van der Waals surface area contributed by atoms with Gasteiger partial charge in [0.15, 0.2) is 11.5 Å². The Morgan fingerprint density at radius 3 is 2.81 bits per heavy atom. The van der Waals surface area contributed by atoms with Crippen molar-refractivity contribution in [1.29, 1.82) is 0 Å². The van der Waals surface area contributed by atoms with Crippen molar-refractivity contribution in [3.8, 4) is 11.5 Å². The summed E-state index contributed by atoms with van der Waals surface area (Å²) in [5.74, 6) is 1.62. The summed E-state index contributed by atoms with van der Waals surface area (Å²) in [4.78, 5) is 0. The number of nitrogens with one attached hydrogen (secondary N) is 1. The molecule has 1 heterocycles. The molecule has 4 nitrogen and oxygen atoms in total. The zero-order valence-corrected chi connectivity index (χ0v) is 11.8. The minimum absolute atomic E-state index is 0.231. The van der Waals surface area contributed by atoms with Crippen LogP contribution in [0.15, 0.2) is 42.5 Å². The molecule has 0 unspecified atom stereocenters. The average molecular weight is 285 g/mol. The van der Waals surface area contributed by atoms with E-state index in [0.717, 1.165) is 42.1 Å². The maximum atomic E-state index is 8.89. The lowest BCUT2D eigenvalue weighted by molar-refractivity contribution is 0.174. The van der Waals surface area contributed by atoms with E-state index in [1.54, 1.807) is 0 Å². The molecule has 0 fully saturated rings. The third-order valence-electron chi connectivity index (χ3n) is 3.48. The number of anilines is 1. The van der Waals surface area contributed by atoms with Crippen LogP contribution in [0, 0.1) is 0 Å². The van der Waals surface area contributed by atoms with E-state index in [2.05, 4.69) is 23.5 Å². The summed E-state index contributed by atoms with van der Waals surface area (Å²) in [6.45, 7) is 1.27. The summed E-state index contributed by atoms with van der Waals surface area (Å²) in [6, 6.07) is 14.3. The highest BCUT2D eigenvalue weighted by Crippen LogP contribution is 2.32. The number of ether oxygens (including phenoxy) is 2. The Morgan fingerprint density at radius 1 is 1.00 bits per heavy atom. The van der Waals surface area contributed by atoms with Gasteiger partial charge in [-0.1, -0.05) is 18.2 Å². The van der Waals surface area contributed by atoms with Crippen LogP contribution in [0.2, 0.25) is 0 Å². The average Bonchev–Trinajstić information content (AvgIpc) is 2.99. The molecule has 110 valence electrons. The van der Waals surface area contributed by atoms with Crippen LogP contribution in [0.25, 0.3) is 0 Å². The van der Waals surface area contributed by atoms with Gasteiger partial charge in [0.05, 0.1) is 0 Å². The van der Waals surface area contributed by atoms with E-state index in [0.29, 0.717) is 6.79 Å². The first-order valence-corrected chi connectivity index (χ1v) is 7.17. The quantitative estimate of drug-likeness (QED) is 0.857. The number of aliphatic hydroxyl groups is 1. The highest BCUT2D eigenvalue weighted by Gasteiger charge is 2.12. The van der Waals surface area contributed by atoms with Gasteiger partial charge in [-0.15, -0.1) is 0 Å². The van der Waals surface area contributed by atoms with Gasteiger partial charge in [0.1, 0.15) is 0 Å². The summed E-state index contributed by atoms with van der Waals surface area (Å²) >= 11 is 0. The topological polar surface area (TPSA) is 50.7 Å². The fourth-order valence-electron chi connectivity index (χ4n) is 2.38. The van der Waals surface area contributed by atoms with Crippen molar-refractivity contribution in [3.63, 3.8) is 0 Å². The predicted molar refractivity (Wildman–Crippen MR) is 81.7 cm³/mol. The minimum Gasteiger partial charge on any atom is -0.454 e. The molecule has 0 atom stereocenters. The largest absolute Gasteiger partial charge is 0.454 e. The fraction of sp³-hybridized carbons (Fsp3) is 0.294. The van der Waals surface area contributed by atoms with E-state index in [1.807, 2.05) is 24.3 Å². The molecule has 2 aromatic carbocycles. The van der Waals surface area contributed by atoms with Gasteiger partial charge in [-0.3, -0.25) is 0 Å². The lowest BCUT2D eigenvalue weighted by Crippen LogP contribution is -2.00. The van der Waals surface area contributed by atoms with Crippen molar-refractivity contribution in [2.45, 2.75) is 19.4 Å². The van der Waals surface area contributed by atoms with Crippen molar-refractivity contribution < 1.29 is 14.6 Å². The summed E-state index contributed by atoms with van der Waals surface area (Å²) in [7, 11) is 0. The second-order valence-corrected chi connectivity index (χ2v) is 5.07. The van der Waals surface area contributed by atoms with Crippen LogP contribution in [0.1, 0.15) is 17.5 Å². The molecule has 21 heavy (non-hydrogen) atoms. The Hall–Kier alpha value is -2.20. The van der Waals surface area contributed by atoms with Crippen LogP contribution in [0.5, 0.6) is 11.5 Å². The van der Waals surface area contributed by atoms with Crippen molar-refractivity contribution in [2.24, 2.45) is 0 Å². The molecule has 0 saturated heterocycles. The van der Waals surface area contributed by atoms with Gasteiger partial charge in [0, 0.05) is 18.8 Å². The summed E-state index contributed by atoms with van der Waals surface area (Å²) < 4.78 is 10.7. The van der Waals surface area contributed by atoms with Crippen molar-refractivity contribution in [3.05, 3.63) is 53.6 Å². The zero-order valence-electron chi connectivity index (χ0n) is 11.8. The van der Waals surface area contributed by atoms with E-state index in [9.17, 15) is 0 Å². The van der Waals surface area contributed by atoms with E-state index in [-0.39, 0.29) is 6.61 Å². The Balaban J connectivity index is 1.62. The molecule has 0 aliphatic carbocycles. The first-order chi connectivity index (χ1) is 10.3. The number of hydrogen-bond acceptors (Lipinski definition) is 4. The Morgan fingerprint density at radius 2 is 1.90 bits per heavy atom. The lowest BCUT2D eigenvalue weighted by Gasteiger charge is -2.09. The van der Waals surface area contributed by atoms with Crippen LogP contribution < -0.4 is 14.8 Å².